The van der Waals surface area contributed by atoms with E-state index in [9.17, 15) is 9.59 Å². The zero-order chi connectivity index (χ0) is 13.0. The van der Waals surface area contributed by atoms with E-state index in [1.54, 1.807) is 19.1 Å². The molecule has 1 rings (SSSR count). The third kappa shape index (κ3) is 3.84. The first-order valence-electron chi connectivity index (χ1n) is 5.19. The number of pyridine rings is 1. The van der Waals surface area contributed by atoms with E-state index in [1.807, 2.05) is 6.92 Å². The summed E-state index contributed by atoms with van der Waals surface area (Å²) in [6.45, 7) is 3.64. The van der Waals surface area contributed by atoms with Crippen LogP contribution in [0.5, 0.6) is 0 Å². The largest absolute Gasteiger partial charge is 0.370 e. The summed E-state index contributed by atoms with van der Waals surface area (Å²) in [7, 11) is 0. The average molecular weight is 236 g/mol. The van der Waals surface area contributed by atoms with Gasteiger partial charge in [-0.25, -0.2) is 0 Å². The molecule has 1 atom stereocenters. The predicted molar refractivity (Wildman–Crippen MR) is 64.1 cm³/mol. The number of rotatable bonds is 4. The molecule has 0 bridgehead atoms. The van der Waals surface area contributed by atoms with Gasteiger partial charge >= 0.3 is 0 Å². The van der Waals surface area contributed by atoms with Gasteiger partial charge in [0.2, 0.25) is 11.8 Å². The molecule has 0 aliphatic carbocycles. The quantitative estimate of drug-likeness (QED) is 0.674. The van der Waals surface area contributed by atoms with Crippen LogP contribution in [0.15, 0.2) is 12.1 Å². The minimum atomic E-state index is -0.937. The number of hydrogen-bond donors (Lipinski definition) is 3. The molecule has 92 valence electrons. The van der Waals surface area contributed by atoms with Crippen LogP contribution in [0.25, 0.3) is 0 Å². The van der Waals surface area contributed by atoms with E-state index in [2.05, 4.69) is 10.3 Å². The first kappa shape index (κ1) is 13.1. The molecule has 0 saturated heterocycles. The van der Waals surface area contributed by atoms with E-state index >= 15 is 0 Å². The van der Waals surface area contributed by atoms with Crippen LogP contribution in [0.4, 0.5) is 5.69 Å². The van der Waals surface area contributed by atoms with Gasteiger partial charge in [-0.05, 0) is 26.0 Å². The number of amides is 2. The van der Waals surface area contributed by atoms with Gasteiger partial charge in [0.05, 0.1) is 23.8 Å². The third-order valence-electron chi connectivity index (χ3n) is 2.24. The maximum absolute atomic E-state index is 11.6. The topological polar surface area (TPSA) is 111 Å². The summed E-state index contributed by atoms with van der Waals surface area (Å²) in [6, 6.07) is 2.59. The Bertz CT molecular complexity index is 445. The summed E-state index contributed by atoms with van der Waals surface area (Å²) in [6.07, 6.45) is -0.176. The molecular weight excluding hydrogens is 220 g/mol. The van der Waals surface area contributed by atoms with Crippen molar-refractivity contribution in [1.29, 1.82) is 0 Å². The molecule has 0 radical (unpaired) electrons. The molecule has 0 fully saturated rings. The standard InChI is InChI=1S/C11H16N4O2/c1-6-3-4-9(7(2)14-6)15-11(17)8(12)5-10(13)16/h3-4,8H,5,12H2,1-2H3,(H2,13,16)(H,15,17). The lowest BCUT2D eigenvalue weighted by Crippen LogP contribution is -2.39. The number of primary amides is 1. The van der Waals surface area contributed by atoms with Gasteiger partial charge in [0.1, 0.15) is 0 Å². The van der Waals surface area contributed by atoms with Gasteiger partial charge in [0.25, 0.3) is 0 Å². The Kier molecular flexibility index (Phi) is 4.17. The first-order chi connectivity index (χ1) is 7.90. The van der Waals surface area contributed by atoms with Crippen LogP contribution in [-0.4, -0.2) is 22.8 Å². The number of nitrogens with one attached hydrogen (secondary N) is 1. The van der Waals surface area contributed by atoms with Crippen LogP contribution < -0.4 is 16.8 Å². The monoisotopic (exact) mass is 236 g/mol. The molecule has 0 aromatic carbocycles. The van der Waals surface area contributed by atoms with Crippen molar-refractivity contribution in [2.75, 3.05) is 5.32 Å². The van der Waals surface area contributed by atoms with Gasteiger partial charge in [0.15, 0.2) is 0 Å². The molecule has 17 heavy (non-hydrogen) atoms. The molecule has 6 nitrogen and oxygen atoms in total. The van der Waals surface area contributed by atoms with E-state index in [1.165, 1.54) is 0 Å². The molecule has 1 aromatic rings. The van der Waals surface area contributed by atoms with Crippen molar-refractivity contribution in [3.63, 3.8) is 0 Å². The average Bonchev–Trinajstić information content (AvgIpc) is 2.21. The Balaban J connectivity index is 2.71. The number of aromatic nitrogens is 1. The third-order valence-corrected chi connectivity index (χ3v) is 2.24. The molecule has 6 heteroatoms. The Morgan fingerprint density at radius 2 is 2.06 bits per heavy atom. The molecule has 1 heterocycles. The number of carbonyl (C=O) groups is 2. The Labute approximate surface area is 99.4 Å². The summed E-state index contributed by atoms with van der Waals surface area (Å²) < 4.78 is 0. The normalized spacial score (nSPS) is 11.9. The Hall–Kier alpha value is -1.95. The van der Waals surface area contributed by atoms with E-state index in [4.69, 9.17) is 11.5 Å². The number of hydrogen-bond acceptors (Lipinski definition) is 4. The Morgan fingerprint density at radius 3 is 2.59 bits per heavy atom. The van der Waals surface area contributed by atoms with Crippen LogP contribution in [0.2, 0.25) is 0 Å². The highest BCUT2D eigenvalue weighted by molar-refractivity contribution is 5.97. The number of carbonyl (C=O) groups excluding carboxylic acids is 2. The van der Waals surface area contributed by atoms with Crippen LogP contribution in [-0.2, 0) is 9.59 Å². The SMILES string of the molecule is Cc1ccc(NC(=O)C(N)CC(N)=O)c(C)n1. The second-order valence-electron chi connectivity index (χ2n) is 3.85. The van der Waals surface area contributed by atoms with Crippen molar-refractivity contribution in [3.8, 4) is 0 Å². The first-order valence-corrected chi connectivity index (χ1v) is 5.19. The summed E-state index contributed by atoms with van der Waals surface area (Å²) in [5.74, 6) is -1.05. The summed E-state index contributed by atoms with van der Waals surface area (Å²) >= 11 is 0. The summed E-state index contributed by atoms with van der Waals surface area (Å²) in [5.41, 5.74) is 12.6. The molecular formula is C11H16N4O2. The van der Waals surface area contributed by atoms with Crippen LogP contribution in [0.1, 0.15) is 17.8 Å². The van der Waals surface area contributed by atoms with E-state index < -0.39 is 17.9 Å². The van der Waals surface area contributed by atoms with Gasteiger partial charge in [0, 0.05) is 5.69 Å². The van der Waals surface area contributed by atoms with Gasteiger partial charge in [-0.15, -0.1) is 0 Å². The van der Waals surface area contributed by atoms with E-state index in [0.717, 1.165) is 5.69 Å². The lowest BCUT2D eigenvalue weighted by molar-refractivity contribution is -0.123. The number of nitrogens with zero attached hydrogens (tertiary/aromatic N) is 1. The smallest absolute Gasteiger partial charge is 0.241 e. The minimum Gasteiger partial charge on any atom is -0.370 e. The highest BCUT2D eigenvalue weighted by atomic mass is 16.2. The van der Waals surface area contributed by atoms with Crippen molar-refractivity contribution in [3.05, 3.63) is 23.5 Å². The van der Waals surface area contributed by atoms with Gasteiger partial charge in [-0.3, -0.25) is 14.6 Å². The van der Waals surface area contributed by atoms with Gasteiger partial charge in [-0.1, -0.05) is 0 Å². The fourth-order valence-corrected chi connectivity index (χ4v) is 1.35. The number of nitrogens with two attached hydrogens (primary N) is 2. The van der Waals surface area contributed by atoms with Crippen molar-refractivity contribution in [2.45, 2.75) is 26.3 Å². The lowest BCUT2D eigenvalue weighted by atomic mass is 10.2. The lowest BCUT2D eigenvalue weighted by Gasteiger charge is -2.12. The zero-order valence-corrected chi connectivity index (χ0v) is 9.86. The molecule has 1 unspecified atom stereocenters. The highest BCUT2D eigenvalue weighted by Crippen LogP contribution is 2.12. The van der Waals surface area contributed by atoms with Crippen LogP contribution in [0.3, 0.4) is 0 Å². The minimum absolute atomic E-state index is 0.176. The number of anilines is 1. The predicted octanol–water partition coefficient (Wildman–Crippen LogP) is -0.160. The second kappa shape index (κ2) is 5.40. The van der Waals surface area contributed by atoms with Gasteiger partial charge < -0.3 is 16.8 Å². The highest BCUT2D eigenvalue weighted by Gasteiger charge is 2.16. The second-order valence-corrected chi connectivity index (χ2v) is 3.85. The van der Waals surface area contributed by atoms with Crippen molar-refractivity contribution < 1.29 is 9.59 Å². The molecule has 0 saturated carbocycles. The van der Waals surface area contributed by atoms with E-state index in [0.29, 0.717) is 11.4 Å². The molecule has 0 aliphatic rings. The van der Waals surface area contributed by atoms with E-state index in [-0.39, 0.29) is 6.42 Å². The summed E-state index contributed by atoms with van der Waals surface area (Å²) in [4.78, 5) is 26.4. The van der Waals surface area contributed by atoms with Crippen LogP contribution >= 0.6 is 0 Å². The zero-order valence-electron chi connectivity index (χ0n) is 9.86. The maximum atomic E-state index is 11.6. The fourth-order valence-electron chi connectivity index (χ4n) is 1.35. The molecule has 5 N–H and O–H groups in total. The van der Waals surface area contributed by atoms with Crippen molar-refractivity contribution in [1.82, 2.24) is 4.98 Å². The van der Waals surface area contributed by atoms with Gasteiger partial charge in [-0.2, -0.15) is 0 Å². The molecule has 0 aliphatic heterocycles. The molecule has 0 spiro atoms. The van der Waals surface area contributed by atoms with Crippen molar-refractivity contribution >= 4 is 17.5 Å². The fraction of sp³-hybridized carbons (Fsp3) is 0.364. The van der Waals surface area contributed by atoms with Crippen LogP contribution in [0, 0.1) is 13.8 Å². The molecule has 1 aromatic heterocycles. The molecule has 2 amide bonds. The summed E-state index contributed by atoms with van der Waals surface area (Å²) in [5, 5.41) is 2.61. The Morgan fingerprint density at radius 1 is 1.41 bits per heavy atom. The number of aryl methyl sites for hydroxylation is 2. The maximum Gasteiger partial charge on any atom is 0.241 e. The van der Waals surface area contributed by atoms with Crippen molar-refractivity contribution in [2.24, 2.45) is 11.5 Å².